The first-order valence-corrected chi connectivity index (χ1v) is 7.94. The predicted molar refractivity (Wildman–Crippen MR) is 86.9 cm³/mol. The number of aryl methyl sites for hydroxylation is 1. The number of ether oxygens (including phenoxy) is 1. The number of hydrogen-bond acceptors (Lipinski definition) is 6. The average Bonchev–Trinajstić information content (AvgIpc) is 2.84. The van der Waals surface area contributed by atoms with E-state index in [1.54, 1.807) is 18.4 Å². The zero-order valence-electron chi connectivity index (χ0n) is 13.4. The zero-order chi connectivity index (χ0) is 15.0. The lowest BCUT2D eigenvalue weighted by molar-refractivity contribution is 0.199. The highest BCUT2D eigenvalue weighted by Crippen LogP contribution is 2.26. The second kappa shape index (κ2) is 9.28. The molecule has 0 unspecified atom stereocenters. The quantitative estimate of drug-likeness (QED) is 0.662. The van der Waals surface area contributed by atoms with Gasteiger partial charge in [-0.2, -0.15) is 0 Å². The Morgan fingerprint density at radius 2 is 2.00 bits per heavy atom. The first-order chi connectivity index (χ1) is 9.58. The van der Waals surface area contributed by atoms with Crippen molar-refractivity contribution in [3.63, 3.8) is 0 Å². The number of likely N-dealkylation sites (N-methyl/N-ethyl adjacent to an activating group) is 2. The molecule has 0 amide bonds. The molecule has 1 N–H and O–H groups in total. The van der Waals surface area contributed by atoms with E-state index in [2.05, 4.69) is 43.2 Å². The summed E-state index contributed by atoms with van der Waals surface area (Å²) in [6.07, 6.45) is 0.985. The van der Waals surface area contributed by atoms with Crippen LogP contribution in [0, 0.1) is 0 Å². The minimum atomic E-state index is 0.746. The monoisotopic (exact) mass is 300 g/mol. The molecule has 0 saturated carbocycles. The maximum absolute atomic E-state index is 5.05. The van der Waals surface area contributed by atoms with E-state index in [4.69, 9.17) is 9.72 Å². The number of rotatable bonds is 10. The van der Waals surface area contributed by atoms with Crippen LogP contribution >= 0.6 is 11.3 Å². The van der Waals surface area contributed by atoms with Gasteiger partial charge < -0.3 is 19.9 Å². The van der Waals surface area contributed by atoms with Gasteiger partial charge in [0.05, 0.1) is 12.3 Å². The van der Waals surface area contributed by atoms with Crippen LogP contribution in [-0.4, -0.2) is 64.4 Å². The van der Waals surface area contributed by atoms with Crippen molar-refractivity contribution < 1.29 is 4.74 Å². The van der Waals surface area contributed by atoms with Crippen LogP contribution in [0.5, 0.6) is 0 Å². The lowest BCUT2D eigenvalue weighted by Crippen LogP contribution is -2.28. The van der Waals surface area contributed by atoms with Crippen molar-refractivity contribution >= 4 is 16.5 Å². The molecule has 0 aliphatic rings. The van der Waals surface area contributed by atoms with Gasteiger partial charge in [0, 0.05) is 45.2 Å². The first-order valence-electron chi connectivity index (χ1n) is 7.12. The van der Waals surface area contributed by atoms with Crippen molar-refractivity contribution in [1.82, 2.24) is 15.2 Å². The summed E-state index contributed by atoms with van der Waals surface area (Å²) in [4.78, 5) is 10.5. The van der Waals surface area contributed by atoms with Gasteiger partial charge >= 0.3 is 0 Å². The molecule has 0 aliphatic carbocycles. The Bertz CT molecular complexity index is 381. The van der Waals surface area contributed by atoms with E-state index < -0.39 is 0 Å². The Hall–Kier alpha value is -0.690. The Balaban J connectivity index is 2.58. The molecular formula is C14H28N4OS. The summed E-state index contributed by atoms with van der Waals surface area (Å²) in [7, 11) is 8.03. The van der Waals surface area contributed by atoms with E-state index in [0.717, 1.165) is 44.3 Å². The topological polar surface area (TPSA) is 40.6 Å². The lowest BCUT2D eigenvalue weighted by Gasteiger charge is -2.18. The van der Waals surface area contributed by atoms with Gasteiger partial charge in [-0.3, -0.25) is 0 Å². The van der Waals surface area contributed by atoms with Crippen LogP contribution in [0.3, 0.4) is 0 Å². The Kier molecular flexibility index (Phi) is 8.06. The second-order valence-electron chi connectivity index (χ2n) is 5.11. The number of nitrogens with one attached hydrogen (secondary N) is 1. The maximum atomic E-state index is 5.05. The molecule has 0 fully saturated rings. The second-order valence-corrected chi connectivity index (χ2v) is 6.18. The smallest absolute Gasteiger partial charge is 0.185 e. The number of thiazole rings is 1. The van der Waals surface area contributed by atoms with Crippen LogP contribution in [0.4, 0.5) is 5.13 Å². The van der Waals surface area contributed by atoms with E-state index in [-0.39, 0.29) is 0 Å². The van der Waals surface area contributed by atoms with E-state index >= 15 is 0 Å². The summed E-state index contributed by atoms with van der Waals surface area (Å²) < 4.78 is 5.05. The third-order valence-corrected chi connectivity index (χ3v) is 4.29. The molecule has 116 valence electrons. The van der Waals surface area contributed by atoms with Crippen LogP contribution in [0.15, 0.2) is 0 Å². The molecule has 0 atom stereocenters. The molecule has 6 heteroatoms. The molecule has 0 radical (unpaired) electrons. The van der Waals surface area contributed by atoms with Gasteiger partial charge in [-0.05, 0) is 20.5 Å². The van der Waals surface area contributed by atoms with Gasteiger partial charge in [0.15, 0.2) is 5.13 Å². The first kappa shape index (κ1) is 17.4. The lowest BCUT2D eigenvalue weighted by atomic mass is 10.3. The highest BCUT2D eigenvalue weighted by molar-refractivity contribution is 7.15. The number of methoxy groups -OCH3 is 1. The largest absolute Gasteiger partial charge is 0.383 e. The molecule has 0 aromatic carbocycles. The van der Waals surface area contributed by atoms with E-state index in [9.17, 15) is 0 Å². The van der Waals surface area contributed by atoms with Gasteiger partial charge in [0.1, 0.15) is 0 Å². The van der Waals surface area contributed by atoms with E-state index in [0.29, 0.717) is 0 Å². The molecule has 1 rings (SSSR count). The normalized spacial score (nSPS) is 11.3. The van der Waals surface area contributed by atoms with E-state index in [1.807, 2.05) is 0 Å². The zero-order valence-corrected chi connectivity index (χ0v) is 14.2. The van der Waals surface area contributed by atoms with E-state index in [1.165, 1.54) is 10.6 Å². The van der Waals surface area contributed by atoms with Crippen molar-refractivity contribution in [2.24, 2.45) is 0 Å². The summed E-state index contributed by atoms with van der Waals surface area (Å²) in [5.41, 5.74) is 1.21. The summed E-state index contributed by atoms with van der Waals surface area (Å²) in [6, 6.07) is 0. The molecule has 0 spiro atoms. The van der Waals surface area contributed by atoms with Crippen LogP contribution in [-0.2, 0) is 17.7 Å². The molecule has 0 saturated heterocycles. The van der Waals surface area contributed by atoms with Crippen molar-refractivity contribution in [3.8, 4) is 0 Å². The summed E-state index contributed by atoms with van der Waals surface area (Å²) in [5.74, 6) is 0. The maximum Gasteiger partial charge on any atom is 0.185 e. The fourth-order valence-corrected chi connectivity index (χ4v) is 2.87. The highest BCUT2D eigenvalue weighted by atomic mass is 32.1. The third kappa shape index (κ3) is 5.75. The van der Waals surface area contributed by atoms with Crippen LogP contribution < -0.4 is 10.2 Å². The fraction of sp³-hybridized carbons (Fsp3) is 0.786. The van der Waals surface area contributed by atoms with Crippen LogP contribution in [0.2, 0.25) is 0 Å². The number of hydrogen-bond donors (Lipinski definition) is 1. The molecule has 0 aliphatic heterocycles. The highest BCUT2D eigenvalue weighted by Gasteiger charge is 2.12. The fourth-order valence-electron chi connectivity index (χ4n) is 1.77. The van der Waals surface area contributed by atoms with Gasteiger partial charge in [-0.1, -0.05) is 6.92 Å². The van der Waals surface area contributed by atoms with Crippen molar-refractivity contribution in [2.45, 2.75) is 19.9 Å². The van der Waals surface area contributed by atoms with Gasteiger partial charge in [-0.15, -0.1) is 11.3 Å². The Morgan fingerprint density at radius 1 is 1.25 bits per heavy atom. The molecule has 1 aromatic heterocycles. The number of nitrogens with zero attached hydrogens (tertiary/aromatic N) is 3. The molecular weight excluding hydrogens is 272 g/mol. The molecule has 20 heavy (non-hydrogen) atoms. The summed E-state index contributed by atoms with van der Waals surface area (Å²) in [6.45, 7) is 6.71. The predicted octanol–water partition coefficient (Wildman–Crippen LogP) is 1.44. The van der Waals surface area contributed by atoms with Crippen LogP contribution in [0.1, 0.15) is 17.5 Å². The summed E-state index contributed by atoms with van der Waals surface area (Å²) in [5, 5.41) is 4.52. The summed E-state index contributed by atoms with van der Waals surface area (Å²) >= 11 is 1.79. The van der Waals surface area contributed by atoms with Crippen molar-refractivity contribution in [3.05, 3.63) is 10.6 Å². The minimum Gasteiger partial charge on any atom is -0.383 e. The molecule has 1 aromatic rings. The Morgan fingerprint density at radius 3 is 2.60 bits per heavy atom. The molecule has 1 heterocycles. The van der Waals surface area contributed by atoms with Gasteiger partial charge in [-0.25, -0.2) is 4.98 Å². The van der Waals surface area contributed by atoms with Crippen molar-refractivity contribution in [1.29, 1.82) is 0 Å². The van der Waals surface area contributed by atoms with Gasteiger partial charge in [0.25, 0.3) is 0 Å². The standard InChI is InChI=1S/C14H28N4OS/c1-6-12-13(11-15-7-10-19-5)20-14(16-12)18(4)9-8-17(2)3/h15H,6-11H2,1-5H3. The van der Waals surface area contributed by atoms with Crippen LogP contribution in [0.25, 0.3) is 0 Å². The van der Waals surface area contributed by atoms with Crippen molar-refractivity contribution in [2.75, 3.05) is 59.4 Å². The Labute approximate surface area is 126 Å². The minimum absolute atomic E-state index is 0.746. The third-order valence-electron chi connectivity index (χ3n) is 3.08. The molecule has 5 nitrogen and oxygen atoms in total. The SMILES string of the molecule is CCc1nc(N(C)CCN(C)C)sc1CNCCOC. The number of anilines is 1. The van der Waals surface area contributed by atoms with Gasteiger partial charge in [0.2, 0.25) is 0 Å². The average molecular weight is 300 g/mol. The number of aromatic nitrogens is 1. The molecule has 0 bridgehead atoms.